The predicted octanol–water partition coefficient (Wildman–Crippen LogP) is 4.87. The Labute approximate surface area is 164 Å². The number of methoxy groups -OCH3 is 1. The van der Waals surface area contributed by atoms with Gasteiger partial charge in [0.2, 0.25) is 0 Å². The van der Waals surface area contributed by atoms with Gasteiger partial charge in [0.05, 0.1) is 7.11 Å². The van der Waals surface area contributed by atoms with Gasteiger partial charge in [-0.3, -0.25) is 4.79 Å². The van der Waals surface area contributed by atoms with Crippen LogP contribution in [0, 0.1) is 11.8 Å². The van der Waals surface area contributed by atoms with Crippen molar-refractivity contribution in [3.8, 4) is 0 Å². The molecule has 0 radical (unpaired) electrons. The zero-order valence-electron chi connectivity index (χ0n) is 15.6. The molecule has 5 heteroatoms. The lowest BCUT2D eigenvalue weighted by atomic mass is 9.76. The van der Waals surface area contributed by atoms with Crippen molar-refractivity contribution in [2.24, 2.45) is 11.8 Å². The van der Waals surface area contributed by atoms with Crippen LogP contribution in [0.2, 0.25) is 0 Å². The van der Waals surface area contributed by atoms with Crippen molar-refractivity contribution in [2.45, 2.75) is 44.9 Å². The monoisotopic (exact) mass is 418 g/mol. The van der Waals surface area contributed by atoms with E-state index in [1.165, 1.54) is 42.6 Å². The fourth-order valence-electron chi connectivity index (χ4n) is 5.05. The molecule has 0 amide bonds. The van der Waals surface area contributed by atoms with Crippen molar-refractivity contribution in [1.82, 2.24) is 4.90 Å². The second kappa shape index (κ2) is 7.26. The number of nitrogens with zero attached hydrogens (tertiary/aromatic N) is 1. The summed E-state index contributed by atoms with van der Waals surface area (Å²) in [5, 5.41) is 3.76. The fourth-order valence-corrected chi connectivity index (χ4v) is 5.43. The van der Waals surface area contributed by atoms with Gasteiger partial charge in [0.25, 0.3) is 0 Å². The Kier molecular flexibility index (Phi) is 5.00. The molecule has 1 N–H and O–H groups in total. The van der Waals surface area contributed by atoms with Crippen LogP contribution in [0.1, 0.15) is 50.5 Å². The summed E-state index contributed by atoms with van der Waals surface area (Å²) in [4.78, 5) is 14.3. The molecule has 0 aliphatic carbocycles. The highest BCUT2D eigenvalue weighted by molar-refractivity contribution is 9.10. The largest absolute Gasteiger partial charge is 0.469 e. The fraction of sp³-hybridized carbons (Fsp3) is 0.571. The van der Waals surface area contributed by atoms with Gasteiger partial charge in [-0.05, 0) is 48.9 Å². The van der Waals surface area contributed by atoms with Crippen molar-refractivity contribution in [1.29, 1.82) is 0 Å². The second-order valence-electron chi connectivity index (χ2n) is 7.70. The maximum atomic E-state index is 11.7. The van der Waals surface area contributed by atoms with Crippen molar-refractivity contribution in [3.63, 3.8) is 0 Å². The van der Waals surface area contributed by atoms with Crippen molar-refractivity contribution in [3.05, 3.63) is 39.6 Å². The van der Waals surface area contributed by atoms with E-state index < -0.39 is 0 Å². The van der Waals surface area contributed by atoms with E-state index in [0.717, 1.165) is 30.4 Å². The Morgan fingerprint density at radius 2 is 2.27 bits per heavy atom. The summed E-state index contributed by atoms with van der Waals surface area (Å²) in [6.07, 6.45) is 4.94. The molecule has 0 aromatic heterocycles. The van der Waals surface area contributed by atoms with Crippen LogP contribution in [0.15, 0.2) is 34.1 Å². The van der Waals surface area contributed by atoms with Crippen LogP contribution >= 0.6 is 15.9 Å². The number of hydrogen-bond acceptors (Lipinski definition) is 4. The molecule has 4 nitrogen and oxygen atoms in total. The Hall–Kier alpha value is -1.49. The molecule has 1 fully saturated rings. The number of piperidine rings is 1. The highest BCUT2D eigenvalue weighted by Gasteiger charge is 2.43. The lowest BCUT2D eigenvalue weighted by Crippen LogP contribution is -2.44. The van der Waals surface area contributed by atoms with Gasteiger partial charge in [-0.25, -0.2) is 0 Å². The molecular formula is C21H27BrN2O2. The first-order chi connectivity index (χ1) is 12.6. The number of hydrogen-bond donors (Lipinski definition) is 1. The minimum absolute atomic E-state index is 0.0990. The molecule has 0 spiro atoms. The quantitative estimate of drug-likeness (QED) is 0.707. The van der Waals surface area contributed by atoms with Crippen molar-refractivity contribution >= 4 is 27.6 Å². The average molecular weight is 419 g/mol. The first-order valence-corrected chi connectivity index (χ1v) is 10.5. The van der Waals surface area contributed by atoms with Crippen LogP contribution in [0.25, 0.3) is 0 Å². The average Bonchev–Trinajstić information content (AvgIpc) is 3.03. The van der Waals surface area contributed by atoms with E-state index >= 15 is 0 Å². The van der Waals surface area contributed by atoms with Gasteiger partial charge in [-0.2, -0.15) is 0 Å². The number of benzene rings is 1. The van der Waals surface area contributed by atoms with E-state index in [1.54, 1.807) is 0 Å². The third-order valence-electron chi connectivity index (χ3n) is 6.29. The number of ether oxygens (including phenoxy) is 1. The molecule has 0 bridgehead atoms. The zero-order valence-corrected chi connectivity index (χ0v) is 17.1. The van der Waals surface area contributed by atoms with E-state index in [0.29, 0.717) is 24.2 Å². The first kappa shape index (κ1) is 17.9. The maximum absolute atomic E-state index is 11.7. The minimum Gasteiger partial charge on any atom is -0.469 e. The van der Waals surface area contributed by atoms with E-state index in [9.17, 15) is 4.79 Å². The van der Waals surface area contributed by atoms with Gasteiger partial charge < -0.3 is 15.0 Å². The Bertz CT molecular complexity index is 746. The summed E-state index contributed by atoms with van der Waals surface area (Å²) in [5.41, 5.74) is 5.52. The second-order valence-corrected chi connectivity index (χ2v) is 8.62. The smallest absolute Gasteiger partial charge is 0.305 e. The third-order valence-corrected chi connectivity index (χ3v) is 6.78. The van der Waals surface area contributed by atoms with E-state index in [4.69, 9.17) is 4.74 Å². The Balaban J connectivity index is 1.72. The summed E-state index contributed by atoms with van der Waals surface area (Å²) in [6.45, 7) is 4.57. The SMILES string of the molecule is CCC1CN2CCC[C@@H](CCC(=O)OC)C2=C2Nc3ccc(Br)cc3C21. The Morgan fingerprint density at radius 3 is 3.04 bits per heavy atom. The van der Waals surface area contributed by atoms with Crippen LogP contribution in [0.3, 0.4) is 0 Å². The summed E-state index contributed by atoms with van der Waals surface area (Å²) in [5.74, 6) is 1.44. The molecule has 3 heterocycles. The van der Waals surface area contributed by atoms with Crippen LogP contribution in [0.5, 0.6) is 0 Å². The number of rotatable bonds is 4. The zero-order chi connectivity index (χ0) is 18.3. The van der Waals surface area contributed by atoms with Gasteiger partial charge in [0.1, 0.15) is 0 Å². The number of halogens is 1. The molecule has 4 rings (SSSR count). The molecule has 26 heavy (non-hydrogen) atoms. The molecule has 0 saturated carbocycles. The summed E-state index contributed by atoms with van der Waals surface area (Å²) < 4.78 is 6.02. The van der Waals surface area contributed by atoms with Crippen LogP contribution in [-0.2, 0) is 9.53 Å². The lowest BCUT2D eigenvalue weighted by Gasteiger charge is -2.46. The summed E-state index contributed by atoms with van der Waals surface area (Å²) in [7, 11) is 1.48. The van der Waals surface area contributed by atoms with Crippen LogP contribution in [0.4, 0.5) is 5.69 Å². The highest BCUT2D eigenvalue weighted by Crippen LogP contribution is 2.52. The van der Waals surface area contributed by atoms with Gasteiger partial charge in [0.15, 0.2) is 0 Å². The molecule has 2 unspecified atom stereocenters. The number of fused-ring (bicyclic) bond motifs is 4. The van der Waals surface area contributed by atoms with Crippen LogP contribution in [-0.4, -0.2) is 31.1 Å². The van der Waals surface area contributed by atoms with Gasteiger partial charge in [-0.1, -0.05) is 29.3 Å². The highest BCUT2D eigenvalue weighted by atomic mass is 79.9. The molecule has 1 saturated heterocycles. The van der Waals surface area contributed by atoms with Gasteiger partial charge in [0, 0.05) is 52.9 Å². The number of nitrogens with one attached hydrogen (secondary N) is 1. The minimum atomic E-state index is -0.0990. The summed E-state index contributed by atoms with van der Waals surface area (Å²) in [6, 6.07) is 6.59. The number of esters is 1. The normalized spacial score (nSPS) is 26.7. The molecule has 140 valence electrons. The molecule has 1 aromatic rings. The number of allylic oxidation sites excluding steroid dienone is 2. The Morgan fingerprint density at radius 1 is 1.42 bits per heavy atom. The topological polar surface area (TPSA) is 41.6 Å². The first-order valence-electron chi connectivity index (χ1n) is 9.74. The van der Waals surface area contributed by atoms with Crippen molar-refractivity contribution in [2.75, 3.05) is 25.5 Å². The van der Waals surface area contributed by atoms with Gasteiger partial charge in [-0.15, -0.1) is 0 Å². The number of carbonyl (C=O) groups excluding carboxylic acids is 1. The van der Waals surface area contributed by atoms with E-state index in [-0.39, 0.29) is 5.97 Å². The lowest BCUT2D eigenvalue weighted by molar-refractivity contribution is -0.140. The number of anilines is 1. The van der Waals surface area contributed by atoms with E-state index in [2.05, 4.69) is 51.3 Å². The van der Waals surface area contributed by atoms with Crippen molar-refractivity contribution < 1.29 is 9.53 Å². The van der Waals surface area contributed by atoms with Crippen LogP contribution < -0.4 is 5.32 Å². The standard InChI is InChI=1S/C21H27BrN2O2/c1-3-13-12-24-10-4-5-14(6-9-18(25)26-2)21(24)20-19(13)16-11-15(22)7-8-17(16)23-20/h7-8,11,13-14,19,23H,3-6,9-10,12H2,1-2H3/t13?,14-,19?/m0/s1. The predicted molar refractivity (Wildman–Crippen MR) is 107 cm³/mol. The van der Waals surface area contributed by atoms with E-state index in [1.807, 2.05) is 0 Å². The third kappa shape index (κ3) is 3.04. The number of carbonyl (C=O) groups is 1. The molecule has 1 aromatic carbocycles. The molecule has 3 atom stereocenters. The molecule has 3 aliphatic rings. The molecule has 3 aliphatic heterocycles. The maximum Gasteiger partial charge on any atom is 0.305 e. The summed E-state index contributed by atoms with van der Waals surface area (Å²) >= 11 is 3.65. The molecular weight excluding hydrogens is 392 g/mol. The van der Waals surface area contributed by atoms with Gasteiger partial charge >= 0.3 is 5.97 Å².